The standard InChI is InChI=1S/C43H49N3O7/c1-30(48)37(26-31-8-4-2-5-9-31)45-42(49)44-27-32-12-18-36(19-13-32)41-52-38(28-46-22-20-43(21-23-46)50-24-25-51-43)39(34-10-6-3-7-11-34)40(53-41)35-16-14-33(29-47)15-17-35/h2-19,37-41,47H,20-29H2,1H3,(H2,44,45,49)/t37-,38-,39-,40+,41?/m1/s1. The summed E-state index contributed by atoms with van der Waals surface area (Å²) in [5, 5.41) is 15.5. The van der Waals surface area contributed by atoms with Gasteiger partial charge in [-0.1, -0.05) is 109 Å². The number of carbonyl (C=O) groups excluding carboxylic acids is 2. The molecule has 278 valence electrons. The lowest BCUT2D eigenvalue weighted by Crippen LogP contribution is -2.50. The first-order chi connectivity index (χ1) is 25.9. The number of likely N-dealkylation sites (tertiary alicyclic amines) is 1. The molecule has 3 aliphatic rings. The first kappa shape index (κ1) is 36.9. The third-order valence-corrected chi connectivity index (χ3v) is 10.6. The fourth-order valence-electron chi connectivity index (χ4n) is 7.61. The zero-order valence-electron chi connectivity index (χ0n) is 30.2. The minimum atomic E-state index is -0.639. The number of carbonyl (C=O) groups is 2. The molecule has 3 aliphatic heterocycles. The lowest BCUT2D eigenvalue weighted by Gasteiger charge is -2.46. The van der Waals surface area contributed by atoms with E-state index in [1.165, 1.54) is 6.92 Å². The van der Waals surface area contributed by atoms with Gasteiger partial charge < -0.3 is 39.6 Å². The molecule has 4 aromatic rings. The van der Waals surface area contributed by atoms with Crippen molar-refractivity contribution in [3.8, 4) is 0 Å². The maximum atomic E-state index is 12.8. The Morgan fingerprint density at radius 2 is 1.40 bits per heavy atom. The molecule has 0 saturated carbocycles. The summed E-state index contributed by atoms with van der Waals surface area (Å²) in [6, 6.07) is 34.9. The molecule has 3 N–H and O–H groups in total. The monoisotopic (exact) mass is 719 g/mol. The van der Waals surface area contributed by atoms with Gasteiger partial charge in [-0.15, -0.1) is 0 Å². The van der Waals surface area contributed by atoms with Crippen molar-refractivity contribution < 1.29 is 33.6 Å². The van der Waals surface area contributed by atoms with E-state index in [4.69, 9.17) is 18.9 Å². The summed E-state index contributed by atoms with van der Waals surface area (Å²) in [6.45, 7) is 5.45. The van der Waals surface area contributed by atoms with Gasteiger partial charge in [0.15, 0.2) is 17.9 Å². The van der Waals surface area contributed by atoms with Crippen LogP contribution in [-0.4, -0.2) is 72.6 Å². The maximum absolute atomic E-state index is 12.8. The Hall–Kier alpha value is -4.42. The molecule has 3 heterocycles. The minimum absolute atomic E-state index is 0.0278. The van der Waals surface area contributed by atoms with E-state index >= 15 is 0 Å². The molecule has 3 saturated heterocycles. The number of rotatable bonds is 12. The number of amides is 2. The average molecular weight is 720 g/mol. The smallest absolute Gasteiger partial charge is 0.315 e. The summed E-state index contributed by atoms with van der Waals surface area (Å²) in [7, 11) is 0. The Bertz CT molecular complexity index is 1770. The normalized spacial score (nSPS) is 23.4. The highest BCUT2D eigenvalue weighted by atomic mass is 16.7. The van der Waals surface area contributed by atoms with Crippen molar-refractivity contribution >= 4 is 11.8 Å². The third-order valence-electron chi connectivity index (χ3n) is 10.6. The fourth-order valence-corrected chi connectivity index (χ4v) is 7.61. The molecule has 10 heteroatoms. The van der Waals surface area contributed by atoms with Crippen LogP contribution in [0.4, 0.5) is 4.79 Å². The van der Waals surface area contributed by atoms with Crippen LogP contribution in [0.25, 0.3) is 0 Å². The predicted octanol–water partition coefficient (Wildman–Crippen LogP) is 5.96. The van der Waals surface area contributed by atoms with E-state index in [0.29, 0.717) is 26.2 Å². The number of ketones is 1. The van der Waals surface area contributed by atoms with Gasteiger partial charge in [0, 0.05) is 50.5 Å². The quantitative estimate of drug-likeness (QED) is 0.164. The molecule has 53 heavy (non-hydrogen) atoms. The third kappa shape index (κ3) is 9.21. The molecule has 4 aromatic carbocycles. The molecule has 0 bridgehead atoms. The van der Waals surface area contributed by atoms with Crippen molar-refractivity contribution in [2.45, 2.75) is 75.6 Å². The predicted molar refractivity (Wildman–Crippen MR) is 200 cm³/mol. The number of benzene rings is 4. The molecule has 10 nitrogen and oxygen atoms in total. The van der Waals surface area contributed by atoms with Gasteiger partial charge in [-0.2, -0.15) is 0 Å². The lowest BCUT2D eigenvalue weighted by molar-refractivity contribution is -0.265. The summed E-state index contributed by atoms with van der Waals surface area (Å²) < 4.78 is 25.8. The van der Waals surface area contributed by atoms with Crippen LogP contribution < -0.4 is 10.6 Å². The van der Waals surface area contributed by atoms with Crippen LogP contribution >= 0.6 is 0 Å². The second-order valence-electron chi connectivity index (χ2n) is 14.2. The number of ether oxygens (including phenoxy) is 4. The van der Waals surface area contributed by atoms with E-state index in [-0.39, 0.29) is 37.1 Å². The van der Waals surface area contributed by atoms with Crippen LogP contribution in [0.2, 0.25) is 0 Å². The van der Waals surface area contributed by atoms with Gasteiger partial charge in [-0.05, 0) is 41.2 Å². The van der Waals surface area contributed by atoms with Crippen LogP contribution in [0.5, 0.6) is 0 Å². The van der Waals surface area contributed by atoms with Crippen molar-refractivity contribution in [3.05, 3.63) is 143 Å². The van der Waals surface area contributed by atoms with Crippen molar-refractivity contribution in [1.29, 1.82) is 0 Å². The molecule has 5 atom stereocenters. The van der Waals surface area contributed by atoms with Gasteiger partial charge in [0.2, 0.25) is 0 Å². The molecular formula is C43H49N3O7. The number of piperidine rings is 1. The van der Waals surface area contributed by atoms with Gasteiger partial charge in [0.1, 0.15) is 0 Å². The van der Waals surface area contributed by atoms with Gasteiger partial charge in [-0.3, -0.25) is 4.79 Å². The highest BCUT2D eigenvalue weighted by Crippen LogP contribution is 2.47. The molecular weight excluding hydrogens is 670 g/mol. The van der Waals surface area contributed by atoms with E-state index in [9.17, 15) is 14.7 Å². The van der Waals surface area contributed by atoms with Crippen molar-refractivity contribution in [2.75, 3.05) is 32.8 Å². The second-order valence-corrected chi connectivity index (χ2v) is 14.2. The summed E-state index contributed by atoms with van der Waals surface area (Å²) >= 11 is 0. The van der Waals surface area contributed by atoms with Crippen molar-refractivity contribution in [2.24, 2.45) is 0 Å². The Kier molecular flexibility index (Phi) is 11.9. The molecule has 2 amide bonds. The number of aliphatic hydroxyl groups is 1. The first-order valence-electron chi connectivity index (χ1n) is 18.6. The van der Waals surface area contributed by atoms with Gasteiger partial charge in [0.05, 0.1) is 38.1 Å². The SMILES string of the molecule is CC(=O)[C@@H](Cc1ccccc1)NC(=O)NCc1ccc(C2O[C@H](CN3CCC4(CC3)OCCO4)[C@@H](c3ccccc3)[C@H](c3ccc(CO)cc3)O2)cc1. The molecule has 1 unspecified atom stereocenters. The summed E-state index contributed by atoms with van der Waals surface area (Å²) in [4.78, 5) is 27.6. The molecule has 0 aliphatic carbocycles. The van der Waals surface area contributed by atoms with Crippen LogP contribution in [0, 0.1) is 0 Å². The van der Waals surface area contributed by atoms with Crippen LogP contribution in [0.3, 0.4) is 0 Å². The van der Waals surface area contributed by atoms with Gasteiger partial charge >= 0.3 is 6.03 Å². The highest BCUT2D eigenvalue weighted by molar-refractivity contribution is 5.87. The lowest BCUT2D eigenvalue weighted by atomic mass is 9.83. The Morgan fingerprint density at radius 1 is 0.774 bits per heavy atom. The molecule has 1 spiro atoms. The number of aliphatic hydroxyl groups excluding tert-OH is 1. The number of hydrogen-bond acceptors (Lipinski definition) is 8. The average Bonchev–Trinajstić information content (AvgIpc) is 3.66. The number of hydrogen-bond donors (Lipinski definition) is 3. The van der Waals surface area contributed by atoms with Crippen molar-refractivity contribution in [3.63, 3.8) is 0 Å². The summed E-state index contributed by atoms with van der Waals surface area (Å²) in [6.07, 6.45) is 0.907. The minimum Gasteiger partial charge on any atom is -0.392 e. The Balaban J connectivity index is 1.07. The Labute approximate surface area is 311 Å². The zero-order valence-corrected chi connectivity index (χ0v) is 30.2. The van der Waals surface area contributed by atoms with Gasteiger partial charge in [0.25, 0.3) is 0 Å². The van der Waals surface area contributed by atoms with Crippen molar-refractivity contribution in [1.82, 2.24) is 15.5 Å². The van der Waals surface area contributed by atoms with E-state index in [1.807, 2.05) is 84.9 Å². The molecule has 0 aromatic heterocycles. The number of urea groups is 1. The topological polar surface area (TPSA) is 119 Å². The highest BCUT2D eigenvalue weighted by Gasteiger charge is 2.45. The summed E-state index contributed by atoms with van der Waals surface area (Å²) in [5.74, 6) is -0.651. The number of nitrogens with zero attached hydrogens (tertiary/aromatic N) is 1. The Morgan fingerprint density at radius 3 is 2.04 bits per heavy atom. The fraction of sp³-hybridized carbons (Fsp3) is 0.395. The van der Waals surface area contributed by atoms with Gasteiger partial charge in [-0.25, -0.2) is 4.79 Å². The largest absolute Gasteiger partial charge is 0.392 e. The summed E-state index contributed by atoms with van der Waals surface area (Å²) in [5.41, 5.74) is 5.75. The van der Waals surface area contributed by atoms with E-state index < -0.39 is 24.2 Å². The molecule has 3 fully saturated rings. The maximum Gasteiger partial charge on any atom is 0.315 e. The van der Waals surface area contributed by atoms with Crippen LogP contribution in [0.1, 0.15) is 71.5 Å². The number of nitrogens with one attached hydrogen (secondary N) is 2. The van der Waals surface area contributed by atoms with Crippen LogP contribution in [0.15, 0.2) is 109 Å². The van der Waals surface area contributed by atoms with E-state index in [1.54, 1.807) is 0 Å². The first-order valence-corrected chi connectivity index (χ1v) is 18.6. The van der Waals surface area contributed by atoms with Crippen LogP contribution in [-0.2, 0) is 43.3 Å². The van der Waals surface area contributed by atoms with E-state index in [2.05, 4.69) is 39.8 Å². The number of Topliss-reactive ketones (excluding diaryl/α,β-unsaturated/α-hetero) is 1. The zero-order chi connectivity index (χ0) is 36.6. The molecule has 7 rings (SSSR count). The second kappa shape index (κ2) is 17.2. The van der Waals surface area contributed by atoms with E-state index in [0.717, 1.165) is 59.3 Å². The molecule has 0 radical (unpaired) electrons.